The fourth-order valence-corrected chi connectivity index (χ4v) is 5.22. The molecule has 0 N–H and O–H groups in total. The minimum absolute atomic E-state index is 0.0738. The highest BCUT2D eigenvalue weighted by atomic mass is 32.2. The number of benzene rings is 2. The van der Waals surface area contributed by atoms with Crippen LogP contribution in [0.15, 0.2) is 66.0 Å². The van der Waals surface area contributed by atoms with E-state index in [1.54, 1.807) is 15.5 Å². The van der Waals surface area contributed by atoms with Gasteiger partial charge in [-0.2, -0.15) is 0 Å². The summed E-state index contributed by atoms with van der Waals surface area (Å²) >= 11 is 0. The maximum Gasteiger partial charge on any atom is 0.228 e. The molecular weight excluding hydrogens is 429 g/mol. The molecule has 0 spiro atoms. The van der Waals surface area contributed by atoms with E-state index in [2.05, 4.69) is 4.98 Å². The number of hydrogen-bond acceptors (Lipinski definition) is 4. The zero-order valence-electron chi connectivity index (χ0n) is 17.9. The minimum Gasteiger partial charge on any atom is -0.337 e. The lowest BCUT2D eigenvalue weighted by Crippen LogP contribution is -2.32. The van der Waals surface area contributed by atoms with Crippen LogP contribution in [0.2, 0.25) is 0 Å². The molecule has 0 radical (unpaired) electrons. The van der Waals surface area contributed by atoms with Crippen LogP contribution >= 0.6 is 0 Å². The Hall–Kier alpha value is -3.00. The molecule has 0 aliphatic heterocycles. The van der Waals surface area contributed by atoms with Gasteiger partial charge in [0.05, 0.1) is 30.7 Å². The first-order valence-corrected chi connectivity index (χ1v) is 12.4. The minimum atomic E-state index is -3.92. The number of nitrogens with zero attached hydrogens (tertiary/aromatic N) is 3. The molecule has 1 amide bonds. The van der Waals surface area contributed by atoms with Gasteiger partial charge in [-0.3, -0.25) is 4.79 Å². The van der Waals surface area contributed by atoms with Crippen LogP contribution in [0.3, 0.4) is 0 Å². The van der Waals surface area contributed by atoms with Gasteiger partial charge in [-0.15, -0.1) is 0 Å². The Morgan fingerprint density at radius 1 is 1.12 bits per heavy atom. The molecular formula is C24H26FN3O3S. The molecule has 1 fully saturated rings. The zero-order valence-corrected chi connectivity index (χ0v) is 18.8. The van der Waals surface area contributed by atoms with Crippen LogP contribution in [-0.4, -0.2) is 35.3 Å². The third-order valence-corrected chi connectivity index (χ3v) is 7.21. The van der Waals surface area contributed by atoms with E-state index in [4.69, 9.17) is 0 Å². The van der Waals surface area contributed by atoms with E-state index in [9.17, 15) is 17.6 Å². The zero-order chi connectivity index (χ0) is 22.7. The van der Waals surface area contributed by atoms with Gasteiger partial charge in [0.25, 0.3) is 0 Å². The van der Waals surface area contributed by atoms with Crippen molar-refractivity contribution in [3.63, 3.8) is 0 Å². The van der Waals surface area contributed by atoms with Crippen LogP contribution < -0.4 is 0 Å². The summed E-state index contributed by atoms with van der Waals surface area (Å²) in [5.41, 5.74) is 1.64. The molecule has 168 valence electrons. The van der Waals surface area contributed by atoms with Gasteiger partial charge < -0.3 is 9.47 Å². The predicted octanol–water partition coefficient (Wildman–Crippen LogP) is 3.80. The molecule has 8 heteroatoms. The average Bonchev–Trinajstić information content (AvgIpc) is 3.56. The van der Waals surface area contributed by atoms with Gasteiger partial charge in [0.15, 0.2) is 0 Å². The number of carbonyl (C=O) groups excluding carboxylic acids is 1. The summed E-state index contributed by atoms with van der Waals surface area (Å²) in [5.74, 6) is -0.881. The molecule has 1 saturated carbocycles. The molecule has 0 unspecified atom stereocenters. The van der Waals surface area contributed by atoms with Crippen LogP contribution in [0.25, 0.3) is 0 Å². The first kappa shape index (κ1) is 22.2. The predicted molar refractivity (Wildman–Crippen MR) is 119 cm³/mol. The summed E-state index contributed by atoms with van der Waals surface area (Å²) in [5, 5.41) is -0.116. The molecule has 3 aromatic rings. The maximum atomic E-state index is 14.1. The van der Waals surface area contributed by atoms with E-state index in [1.165, 1.54) is 24.4 Å². The lowest BCUT2D eigenvalue weighted by Gasteiger charge is -2.22. The molecule has 2 aromatic carbocycles. The highest BCUT2D eigenvalue weighted by Gasteiger charge is 2.34. The largest absolute Gasteiger partial charge is 0.337 e. The van der Waals surface area contributed by atoms with Crippen molar-refractivity contribution < 1.29 is 17.6 Å². The summed E-state index contributed by atoms with van der Waals surface area (Å²) in [6.45, 7) is 3.01. The fourth-order valence-electron chi connectivity index (χ4n) is 3.72. The van der Waals surface area contributed by atoms with Crippen LogP contribution in [0.5, 0.6) is 0 Å². The van der Waals surface area contributed by atoms with Crippen molar-refractivity contribution >= 4 is 15.7 Å². The third-order valence-electron chi connectivity index (χ3n) is 5.64. The van der Waals surface area contributed by atoms with Crippen molar-refractivity contribution in [2.24, 2.45) is 5.92 Å². The van der Waals surface area contributed by atoms with E-state index in [-0.39, 0.29) is 35.6 Å². The normalized spacial score (nSPS) is 13.8. The first-order chi connectivity index (χ1) is 15.4. The Morgan fingerprint density at radius 3 is 2.47 bits per heavy atom. The lowest BCUT2D eigenvalue weighted by molar-refractivity contribution is -0.133. The first-order valence-electron chi connectivity index (χ1n) is 10.7. The summed E-state index contributed by atoms with van der Waals surface area (Å²) < 4.78 is 42.3. The molecule has 0 atom stereocenters. The number of sulfone groups is 1. The highest BCUT2D eigenvalue weighted by molar-refractivity contribution is 7.90. The van der Waals surface area contributed by atoms with Gasteiger partial charge in [-0.25, -0.2) is 17.8 Å². The summed E-state index contributed by atoms with van der Waals surface area (Å²) in [6, 6.07) is 15.3. The Bertz CT molecular complexity index is 1200. The van der Waals surface area contributed by atoms with E-state index < -0.39 is 21.4 Å². The molecule has 1 aliphatic rings. The number of amides is 1. The van der Waals surface area contributed by atoms with Gasteiger partial charge in [0, 0.05) is 18.0 Å². The molecule has 4 rings (SSSR count). The smallest absolute Gasteiger partial charge is 0.228 e. The number of hydrogen-bond donors (Lipinski definition) is 0. The highest BCUT2D eigenvalue weighted by Crippen LogP contribution is 2.31. The summed E-state index contributed by atoms with van der Waals surface area (Å²) in [4.78, 5) is 18.6. The molecule has 6 nitrogen and oxygen atoms in total. The van der Waals surface area contributed by atoms with Gasteiger partial charge in [-0.05, 0) is 31.4 Å². The molecule has 1 aliphatic carbocycles. The van der Waals surface area contributed by atoms with Crippen molar-refractivity contribution in [2.75, 3.05) is 6.54 Å². The number of carbonyl (C=O) groups is 1. The third kappa shape index (κ3) is 4.91. The summed E-state index contributed by atoms with van der Waals surface area (Å²) in [7, 11) is -3.92. The SMILES string of the molecule is CCN(Cc1cnc(S(=O)(=O)Cc2ccccc2F)n1Cc1ccccc1)C(=O)C1CC1. The Kier molecular flexibility index (Phi) is 6.41. The van der Waals surface area contributed by atoms with Crippen LogP contribution in [0, 0.1) is 11.7 Å². The number of rotatable bonds is 9. The van der Waals surface area contributed by atoms with Crippen molar-refractivity contribution in [1.82, 2.24) is 14.5 Å². The molecule has 32 heavy (non-hydrogen) atoms. The maximum absolute atomic E-state index is 14.1. The van der Waals surface area contributed by atoms with E-state index in [1.807, 2.05) is 37.3 Å². The number of imidazole rings is 1. The van der Waals surface area contributed by atoms with Crippen molar-refractivity contribution in [3.8, 4) is 0 Å². The summed E-state index contributed by atoms with van der Waals surface area (Å²) in [6.07, 6.45) is 3.32. The molecule has 1 aromatic heterocycles. The monoisotopic (exact) mass is 455 g/mol. The van der Waals surface area contributed by atoms with Crippen molar-refractivity contribution in [2.45, 2.75) is 43.8 Å². The van der Waals surface area contributed by atoms with Gasteiger partial charge >= 0.3 is 0 Å². The topological polar surface area (TPSA) is 72.3 Å². The van der Waals surface area contributed by atoms with Gasteiger partial charge in [0.1, 0.15) is 5.82 Å². The Labute approximate surface area is 187 Å². The second kappa shape index (κ2) is 9.24. The standard InChI is InChI=1S/C24H26FN3O3S/c1-2-27(23(29)19-12-13-19)16-21-14-26-24(28(21)15-18-8-4-3-5-9-18)32(30,31)17-20-10-6-7-11-22(20)25/h3-11,14,19H,2,12-13,15-17H2,1H3. The van der Waals surface area contributed by atoms with E-state index in [0.29, 0.717) is 12.2 Å². The molecule has 0 saturated heterocycles. The molecule has 1 heterocycles. The average molecular weight is 456 g/mol. The number of halogens is 1. The van der Waals surface area contributed by atoms with Crippen molar-refractivity contribution in [3.05, 3.63) is 83.4 Å². The second-order valence-electron chi connectivity index (χ2n) is 8.08. The van der Waals surface area contributed by atoms with Gasteiger partial charge in [-0.1, -0.05) is 48.5 Å². The van der Waals surface area contributed by atoms with Crippen LogP contribution in [0.4, 0.5) is 4.39 Å². The van der Waals surface area contributed by atoms with E-state index in [0.717, 1.165) is 18.4 Å². The lowest BCUT2D eigenvalue weighted by atomic mass is 10.2. The number of aromatic nitrogens is 2. The van der Waals surface area contributed by atoms with E-state index >= 15 is 0 Å². The van der Waals surface area contributed by atoms with Crippen LogP contribution in [0.1, 0.15) is 36.6 Å². The fraction of sp³-hybridized carbons (Fsp3) is 0.333. The van der Waals surface area contributed by atoms with Crippen LogP contribution in [-0.2, 0) is 33.5 Å². The Morgan fingerprint density at radius 2 is 1.81 bits per heavy atom. The second-order valence-corrected chi connectivity index (χ2v) is 9.96. The Balaban J connectivity index is 1.69. The van der Waals surface area contributed by atoms with Crippen molar-refractivity contribution in [1.29, 1.82) is 0 Å². The molecule has 0 bridgehead atoms. The van der Waals surface area contributed by atoms with Gasteiger partial charge in [0.2, 0.25) is 20.9 Å². The quantitative estimate of drug-likeness (QED) is 0.492.